The van der Waals surface area contributed by atoms with Crippen molar-refractivity contribution >= 4 is 33.7 Å². The van der Waals surface area contributed by atoms with Gasteiger partial charge in [0.05, 0.1) is 5.52 Å². The highest BCUT2D eigenvalue weighted by Crippen LogP contribution is 2.22. The van der Waals surface area contributed by atoms with E-state index < -0.39 is 0 Å². The normalized spacial score (nSPS) is 10.7. The van der Waals surface area contributed by atoms with Crippen molar-refractivity contribution in [3.8, 4) is 0 Å². The zero-order valence-corrected chi connectivity index (χ0v) is 10.3. The van der Waals surface area contributed by atoms with Gasteiger partial charge in [0.15, 0.2) is 0 Å². The molecule has 3 rings (SSSR count). The first-order valence-electron chi connectivity index (χ1n) is 5.48. The number of nitrogens with two attached hydrogens (primary N) is 1. The Morgan fingerprint density at radius 2 is 2.06 bits per heavy atom. The van der Waals surface area contributed by atoms with Gasteiger partial charge in [0.2, 0.25) is 5.78 Å². The van der Waals surface area contributed by atoms with Gasteiger partial charge in [-0.3, -0.25) is 4.79 Å². The lowest BCUT2D eigenvalue weighted by Crippen LogP contribution is -2.04. The van der Waals surface area contributed by atoms with E-state index in [9.17, 15) is 4.79 Å². The van der Waals surface area contributed by atoms with Gasteiger partial charge in [0.1, 0.15) is 5.69 Å². The number of rotatable bonds is 2. The van der Waals surface area contributed by atoms with Gasteiger partial charge in [-0.25, -0.2) is 4.98 Å². The Balaban J connectivity index is 2.16. The van der Waals surface area contributed by atoms with Gasteiger partial charge >= 0.3 is 0 Å². The number of nitrogens with zero attached hydrogens (tertiary/aromatic N) is 1. The number of benzene rings is 1. The summed E-state index contributed by atoms with van der Waals surface area (Å²) in [7, 11) is 0. The maximum Gasteiger partial charge on any atom is 0.212 e. The quantitative estimate of drug-likeness (QED) is 0.715. The lowest BCUT2D eigenvalue weighted by molar-refractivity contribution is 0.103. The lowest BCUT2D eigenvalue weighted by Gasteiger charge is -2.04. The molecule has 2 aromatic heterocycles. The van der Waals surface area contributed by atoms with E-state index in [2.05, 4.69) is 4.98 Å². The molecule has 0 atom stereocenters. The van der Waals surface area contributed by atoms with Crippen LogP contribution in [0.1, 0.15) is 16.1 Å². The summed E-state index contributed by atoms with van der Waals surface area (Å²) in [5.74, 6) is -0.0892. The van der Waals surface area contributed by atoms with Gasteiger partial charge in [-0.1, -0.05) is 18.2 Å². The Bertz CT molecular complexity index is 720. The molecule has 0 aliphatic heterocycles. The van der Waals surface area contributed by atoms with E-state index in [0.29, 0.717) is 16.9 Å². The molecule has 18 heavy (non-hydrogen) atoms. The first kappa shape index (κ1) is 10.9. The van der Waals surface area contributed by atoms with Crippen molar-refractivity contribution in [2.24, 2.45) is 0 Å². The molecule has 0 aliphatic rings. The highest BCUT2D eigenvalue weighted by molar-refractivity contribution is 7.08. The molecule has 0 saturated heterocycles. The van der Waals surface area contributed by atoms with Crippen molar-refractivity contribution in [2.75, 3.05) is 5.73 Å². The number of hydrogen-bond acceptors (Lipinski definition) is 4. The molecule has 3 aromatic rings. The van der Waals surface area contributed by atoms with E-state index in [-0.39, 0.29) is 5.78 Å². The van der Waals surface area contributed by atoms with Gasteiger partial charge in [-0.05, 0) is 23.6 Å². The number of carbonyl (C=O) groups excluding carboxylic acids is 1. The second-order valence-electron chi connectivity index (χ2n) is 3.96. The monoisotopic (exact) mass is 254 g/mol. The van der Waals surface area contributed by atoms with Crippen LogP contribution in [0.15, 0.2) is 47.2 Å². The first-order valence-corrected chi connectivity index (χ1v) is 6.42. The van der Waals surface area contributed by atoms with E-state index in [1.165, 1.54) is 11.3 Å². The van der Waals surface area contributed by atoms with Crippen LogP contribution in [0.5, 0.6) is 0 Å². The molecule has 0 fully saturated rings. The molecule has 4 heteroatoms. The smallest absolute Gasteiger partial charge is 0.212 e. The second kappa shape index (κ2) is 4.23. The predicted molar refractivity (Wildman–Crippen MR) is 73.9 cm³/mol. The maximum atomic E-state index is 12.2. The maximum absolute atomic E-state index is 12.2. The number of thiophene rings is 1. The Kier molecular flexibility index (Phi) is 2.57. The molecule has 2 heterocycles. The van der Waals surface area contributed by atoms with Gasteiger partial charge in [0.25, 0.3) is 0 Å². The number of aromatic nitrogens is 1. The number of nitrogen functional groups attached to an aromatic ring is 1. The summed E-state index contributed by atoms with van der Waals surface area (Å²) in [6.07, 6.45) is 0. The van der Waals surface area contributed by atoms with Crippen LogP contribution in [-0.2, 0) is 0 Å². The van der Waals surface area contributed by atoms with Crippen LogP contribution >= 0.6 is 11.3 Å². The van der Waals surface area contributed by atoms with Crippen LogP contribution in [0.25, 0.3) is 10.9 Å². The molecule has 0 unspecified atom stereocenters. The zero-order chi connectivity index (χ0) is 12.5. The van der Waals surface area contributed by atoms with E-state index in [0.717, 1.165) is 10.9 Å². The van der Waals surface area contributed by atoms with Crippen LogP contribution in [0.3, 0.4) is 0 Å². The highest BCUT2D eigenvalue weighted by Gasteiger charge is 2.13. The summed E-state index contributed by atoms with van der Waals surface area (Å²) in [5.41, 5.74) is 8.34. The molecule has 0 aliphatic carbocycles. The molecule has 0 saturated carbocycles. The molecule has 0 amide bonds. The number of carbonyl (C=O) groups is 1. The number of anilines is 1. The van der Waals surface area contributed by atoms with Crippen LogP contribution < -0.4 is 5.73 Å². The fourth-order valence-corrected chi connectivity index (χ4v) is 2.50. The van der Waals surface area contributed by atoms with Crippen LogP contribution in [0, 0.1) is 0 Å². The minimum atomic E-state index is -0.0892. The molecule has 3 nitrogen and oxygen atoms in total. The fraction of sp³-hybridized carbons (Fsp3) is 0. The van der Waals surface area contributed by atoms with Crippen molar-refractivity contribution in [1.29, 1.82) is 0 Å². The number of ketones is 1. The third-order valence-electron chi connectivity index (χ3n) is 2.76. The van der Waals surface area contributed by atoms with Gasteiger partial charge in [-0.15, -0.1) is 0 Å². The summed E-state index contributed by atoms with van der Waals surface area (Å²) in [4.78, 5) is 16.6. The molecule has 2 N–H and O–H groups in total. The molecule has 0 spiro atoms. The summed E-state index contributed by atoms with van der Waals surface area (Å²) < 4.78 is 0. The fourth-order valence-electron chi connectivity index (χ4n) is 1.86. The standard InChI is InChI=1S/C14H10N2OS/c15-11-7-13(14(17)9-5-6-18-8-9)16-12-4-2-1-3-10(11)12/h1-8H,(H2,15,16). The number of pyridine rings is 1. The third-order valence-corrected chi connectivity index (χ3v) is 3.45. The van der Waals surface area contributed by atoms with E-state index in [1.54, 1.807) is 12.1 Å². The summed E-state index contributed by atoms with van der Waals surface area (Å²) in [6, 6.07) is 11.0. The van der Waals surface area contributed by atoms with Crippen molar-refractivity contribution in [1.82, 2.24) is 4.98 Å². The predicted octanol–water partition coefficient (Wildman–Crippen LogP) is 3.11. The third kappa shape index (κ3) is 1.76. The molecular formula is C14H10N2OS. The van der Waals surface area contributed by atoms with Gasteiger partial charge < -0.3 is 5.73 Å². The van der Waals surface area contributed by atoms with E-state index in [4.69, 9.17) is 5.73 Å². The van der Waals surface area contributed by atoms with E-state index >= 15 is 0 Å². The minimum absolute atomic E-state index is 0.0892. The Morgan fingerprint density at radius 3 is 2.83 bits per heavy atom. The number of hydrogen-bond donors (Lipinski definition) is 1. The van der Waals surface area contributed by atoms with Crippen molar-refractivity contribution in [3.05, 3.63) is 58.4 Å². The number of fused-ring (bicyclic) bond motifs is 1. The van der Waals surface area contributed by atoms with Crippen molar-refractivity contribution < 1.29 is 4.79 Å². The zero-order valence-electron chi connectivity index (χ0n) is 9.46. The largest absolute Gasteiger partial charge is 0.398 e. The average Bonchev–Trinajstić information content (AvgIpc) is 2.91. The van der Waals surface area contributed by atoms with E-state index in [1.807, 2.05) is 35.0 Å². The summed E-state index contributed by atoms with van der Waals surface area (Å²) in [6.45, 7) is 0. The Hall–Kier alpha value is -2.20. The SMILES string of the molecule is Nc1cc(C(=O)c2ccsc2)nc2ccccc12. The molecule has 1 aromatic carbocycles. The summed E-state index contributed by atoms with van der Waals surface area (Å²) in [5, 5.41) is 4.56. The average molecular weight is 254 g/mol. The lowest BCUT2D eigenvalue weighted by atomic mass is 10.1. The van der Waals surface area contributed by atoms with Crippen LogP contribution in [-0.4, -0.2) is 10.8 Å². The van der Waals surface area contributed by atoms with Gasteiger partial charge in [0, 0.05) is 22.0 Å². The van der Waals surface area contributed by atoms with Crippen LogP contribution in [0.2, 0.25) is 0 Å². The molecule has 0 radical (unpaired) electrons. The Morgan fingerprint density at radius 1 is 1.22 bits per heavy atom. The number of para-hydroxylation sites is 1. The van der Waals surface area contributed by atoms with Crippen LogP contribution in [0.4, 0.5) is 5.69 Å². The molecule has 0 bridgehead atoms. The van der Waals surface area contributed by atoms with Crippen molar-refractivity contribution in [2.45, 2.75) is 0 Å². The molecular weight excluding hydrogens is 244 g/mol. The highest BCUT2D eigenvalue weighted by atomic mass is 32.1. The minimum Gasteiger partial charge on any atom is -0.398 e. The molecule has 88 valence electrons. The topological polar surface area (TPSA) is 56.0 Å². The second-order valence-corrected chi connectivity index (χ2v) is 4.74. The van der Waals surface area contributed by atoms with Crippen molar-refractivity contribution in [3.63, 3.8) is 0 Å². The summed E-state index contributed by atoms with van der Waals surface area (Å²) >= 11 is 1.49. The van der Waals surface area contributed by atoms with Gasteiger partial charge in [-0.2, -0.15) is 11.3 Å². The first-order chi connectivity index (χ1) is 8.75. The Labute approximate surface area is 108 Å².